The Balaban J connectivity index is 1.22. The van der Waals surface area contributed by atoms with E-state index in [1.54, 1.807) is 0 Å². The average Bonchev–Trinajstić information content (AvgIpc) is 3.83. The molecule has 0 amide bonds. The van der Waals surface area contributed by atoms with Gasteiger partial charge >= 0.3 is 0 Å². The van der Waals surface area contributed by atoms with E-state index in [1.165, 1.54) is 45.9 Å². The van der Waals surface area contributed by atoms with Crippen molar-refractivity contribution in [3.63, 3.8) is 0 Å². The number of fused-ring (bicyclic) bond motifs is 4. The van der Waals surface area contributed by atoms with Gasteiger partial charge in [-0.2, -0.15) is 0 Å². The Bertz CT molecular complexity index is 2290. The fourth-order valence-corrected chi connectivity index (χ4v) is 10.2. The van der Waals surface area contributed by atoms with Gasteiger partial charge in [0.15, 0.2) is 11.5 Å². The van der Waals surface area contributed by atoms with Gasteiger partial charge < -0.3 is 9.64 Å². The van der Waals surface area contributed by atoms with Crippen LogP contribution in [0.3, 0.4) is 0 Å². The highest BCUT2D eigenvalue weighted by molar-refractivity contribution is 7.22. The summed E-state index contributed by atoms with van der Waals surface area (Å²) in [6, 6.07) is 43.0. The van der Waals surface area contributed by atoms with E-state index in [4.69, 9.17) is 9.72 Å². The number of hydrogen-bond acceptors (Lipinski definition) is 6. The molecule has 0 N–H and O–H groups in total. The van der Waals surface area contributed by atoms with Crippen LogP contribution in [-0.4, -0.2) is 4.98 Å². The van der Waals surface area contributed by atoms with E-state index in [0.717, 1.165) is 57.7 Å². The van der Waals surface area contributed by atoms with E-state index in [0.29, 0.717) is 0 Å². The summed E-state index contributed by atoms with van der Waals surface area (Å²) in [6.45, 7) is 4.53. The van der Waals surface area contributed by atoms with Gasteiger partial charge in [0.05, 0.1) is 21.9 Å². The first-order valence-electron chi connectivity index (χ1n) is 16.0. The number of nitrogens with zero attached hydrogens (tertiary/aromatic N) is 2. The zero-order chi connectivity index (χ0) is 31.5. The number of anilines is 3. The molecule has 1 aliphatic rings. The zero-order valence-electron chi connectivity index (χ0n) is 26.0. The summed E-state index contributed by atoms with van der Waals surface area (Å²) in [5.74, 6) is 1.71. The summed E-state index contributed by atoms with van der Waals surface area (Å²) < 4.78 is 8.91. The Morgan fingerprint density at radius 1 is 0.574 bits per heavy atom. The van der Waals surface area contributed by atoms with E-state index in [1.807, 2.05) is 58.3 Å². The standard InChI is InChI=1S/C41H30N2OS3/c1-3-33-37(27-13-5-11-19-35(27)45-33)39-40(38-28-14-6-12-20-36(28)46-34(38)4-2)47-41(42-39)25-21-23-26(24-22-25)43-29-15-7-9-17-31(29)44-32-18-10-8-16-30(32)43/h5-24H,3-4H2,1-2H3. The third kappa shape index (κ3) is 4.62. The van der Waals surface area contributed by atoms with Crippen molar-refractivity contribution in [1.29, 1.82) is 0 Å². The molecule has 0 aliphatic carbocycles. The first kappa shape index (κ1) is 28.5. The maximum absolute atomic E-state index is 6.26. The van der Waals surface area contributed by atoms with E-state index in [-0.39, 0.29) is 0 Å². The number of rotatable bonds is 6. The predicted molar refractivity (Wildman–Crippen MR) is 203 cm³/mol. The molecule has 4 heterocycles. The topological polar surface area (TPSA) is 25.4 Å². The Morgan fingerprint density at radius 3 is 1.72 bits per heavy atom. The molecule has 0 unspecified atom stereocenters. The van der Waals surface area contributed by atoms with Crippen molar-refractivity contribution in [3.05, 3.63) is 131 Å². The summed E-state index contributed by atoms with van der Waals surface area (Å²) in [5.41, 5.74) is 8.02. The lowest BCUT2D eigenvalue weighted by Crippen LogP contribution is -2.15. The Hall–Kier alpha value is -4.75. The molecule has 0 spiro atoms. The van der Waals surface area contributed by atoms with Gasteiger partial charge in [-0.1, -0.05) is 74.5 Å². The van der Waals surface area contributed by atoms with Crippen LogP contribution in [0, 0.1) is 0 Å². The highest BCUT2D eigenvalue weighted by Gasteiger charge is 2.27. The van der Waals surface area contributed by atoms with Crippen molar-refractivity contribution in [2.45, 2.75) is 26.7 Å². The molecule has 5 aromatic carbocycles. The molecule has 6 heteroatoms. The Morgan fingerprint density at radius 2 is 1.11 bits per heavy atom. The average molecular weight is 663 g/mol. The number of ether oxygens (including phenoxy) is 1. The van der Waals surface area contributed by atoms with Gasteiger partial charge in [0.25, 0.3) is 0 Å². The van der Waals surface area contributed by atoms with Gasteiger partial charge in [0.1, 0.15) is 5.01 Å². The van der Waals surface area contributed by atoms with Crippen molar-refractivity contribution in [3.8, 4) is 43.8 Å². The summed E-state index contributed by atoms with van der Waals surface area (Å²) in [5, 5.41) is 3.66. The third-order valence-corrected chi connectivity index (χ3v) is 12.6. The number of para-hydroxylation sites is 4. The molecule has 8 aromatic rings. The van der Waals surface area contributed by atoms with Crippen molar-refractivity contribution in [2.75, 3.05) is 4.90 Å². The van der Waals surface area contributed by atoms with Crippen LogP contribution in [-0.2, 0) is 12.8 Å². The van der Waals surface area contributed by atoms with Gasteiger partial charge in [-0.25, -0.2) is 4.98 Å². The van der Waals surface area contributed by atoms with Gasteiger partial charge in [-0.15, -0.1) is 34.0 Å². The van der Waals surface area contributed by atoms with Crippen molar-refractivity contribution in [2.24, 2.45) is 0 Å². The number of thiazole rings is 1. The number of aryl methyl sites for hydroxylation is 2. The van der Waals surface area contributed by atoms with Crippen LogP contribution in [0.1, 0.15) is 23.6 Å². The van der Waals surface area contributed by atoms with Crippen LogP contribution >= 0.6 is 34.0 Å². The summed E-state index contributed by atoms with van der Waals surface area (Å²) in [4.78, 5) is 11.9. The SMILES string of the molecule is CCc1sc2ccccc2c1-c1nc(-c2ccc(N3c4ccccc4Oc4ccccc43)cc2)sc1-c1c(CC)sc2ccccc12. The van der Waals surface area contributed by atoms with Gasteiger partial charge in [-0.3, -0.25) is 0 Å². The van der Waals surface area contributed by atoms with Crippen molar-refractivity contribution >= 4 is 71.2 Å². The second-order valence-electron chi connectivity index (χ2n) is 11.6. The largest absolute Gasteiger partial charge is 0.453 e. The van der Waals surface area contributed by atoms with Crippen molar-refractivity contribution in [1.82, 2.24) is 4.98 Å². The van der Waals surface area contributed by atoms with E-state index >= 15 is 0 Å². The predicted octanol–water partition coefficient (Wildman–Crippen LogP) is 13.3. The van der Waals surface area contributed by atoms with Crippen LogP contribution in [0.15, 0.2) is 121 Å². The highest BCUT2D eigenvalue weighted by atomic mass is 32.1. The van der Waals surface area contributed by atoms with Crippen LogP contribution in [0.5, 0.6) is 11.5 Å². The quantitative estimate of drug-likeness (QED) is 0.177. The normalized spacial score (nSPS) is 12.3. The van der Waals surface area contributed by atoms with E-state index in [2.05, 4.69) is 116 Å². The summed E-state index contributed by atoms with van der Waals surface area (Å²) in [7, 11) is 0. The first-order valence-corrected chi connectivity index (χ1v) is 18.5. The zero-order valence-corrected chi connectivity index (χ0v) is 28.4. The number of aromatic nitrogens is 1. The number of hydrogen-bond donors (Lipinski definition) is 0. The molecule has 0 bridgehead atoms. The molecule has 228 valence electrons. The van der Waals surface area contributed by atoms with Crippen LogP contribution in [0.4, 0.5) is 17.1 Å². The molecule has 0 radical (unpaired) electrons. The smallest absolute Gasteiger partial charge is 0.151 e. The lowest BCUT2D eigenvalue weighted by molar-refractivity contribution is 0.477. The number of thiophene rings is 2. The van der Waals surface area contributed by atoms with Gasteiger partial charge in [0, 0.05) is 52.3 Å². The minimum Gasteiger partial charge on any atom is -0.453 e. The van der Waals surface area contributed by atoms with Gasteiger partial charge in [-0.05, 0) is 73.5 Å². The lowest BCUT2D eigenvalue weighted by atomic mass is 10.0. The monoisotopic (exact) mass is 662 g/mol. The second-order valence-corrected chi connectivity index (χ2v) is 14.9. The summed E-state index contributed by atoms with van der Waals surface area (Å²) >= 11 is 5.64. The number of benzene rings is 5. The lowest BCUT2D eigenvalue weighted by Gasteiger charge is -2.32. The molecular weight excluding hydrogens is 633 g/mol. The second kappa shape index (κ2) is 11.5. The van der Waals surface area contributed by atoms with Crippen LogP contribution < -0.4 is 9.64 Å². The Labute approximate surface area is 286 Å². The maximum atomic E-state index is 6.26. The van der Waals surface area contributed by atoms with Crippen LogP contribution in [0.25, 0.3) is 52.4 Å². The van der Waals surface area contributed by atoms with Crippen LogP contribution in [0.2, 0.25) is 0 Å². The molecule has 0 fully saturated rings. The minimum atomic E-state index is 0.855. The Kier molecular flexibility index (Phi) is 6.96. The fourth-order valence-electron chi connectivity index (χ4n) is 6.72. The molecule has 9 rings (SSSR count). The minimum absolute atomic E-state index is 0.855. The van der Waals surface area contributed by atoms with E-state index in [9.17, 15) is 0 Å². The molecule has 0 saturated carbocycles. The highest BCUT2D eigenvalue weighted by Crippen LogP contribution is 2.52. The van der Waals surface area contributed by atoms with Crippen molar-refractivity contribution < 1.29 is 4.74 Å². The molecule has 0 atom stereocenters. The maximum Gasteiger partial charge on any atom is 0.151 e. The third-order valence-electron chi connectivity index (χ3n) is 8.87. The van der Waals surface area contributed by atoms with Gasteiger partial charge in [0.2, 0.25) is 0 Å². The molecule has 1 aliphatic heterocycles. The molecule has 47 heavy (non-hydrogen) atoms. The van der Waals surface area contributed by atoms with E-state index < -0.39 is 0 Å². The fraction of sp³-hybridized carbons (Fsp3) is 0.0976. The molecule has 3 nitrogen and oxygen atoms in total. The molecular formula is C41H30N2OS3. The molecule has 0 saturated heterocycles. The molecule has 3 aromatic heterocycles. The summed E-state index contributed by atoms with van der Waals surface area (Å²) in [6.07, 6.45) is 1.97. The first-order chi connectivity index (χ1) is 23.2.